The smallest absolute Gasteiger partial charge is 0.408 e. The van der Waals surface area contributed by atoms with E-state index in [1.165, 1.54) is 11.3 Å². The van der Waals surface area contributed by atoms with Crippen LogP contribution in [0.15, 0.2) is 15.9 Å². The third-order valence-corrected chi connectivity index (χ3v) is 4.77. The van der Waals surface area contributed by atoms with Crippen LogP contribution in [-0.4, -0.2) is 32.1 Å². The molecule has 1 amide bonds. The van der Waals surface area contributed by atoms with Gasteiger partial charge >= 0.3 is 6.09 Å². The number of sulfone groups is 1. The van der Waals surface area contributed by atoms with Crippen LogP contribution in [0.1, 0.15) is 31.7 Å². The molecule has 0 aliphatic rings. The zero-order valence-electron chi connectivity index (χ0n) is 11.8. The molecule has 1 aromatic heterocycles. The molecule has 0 fully saturated rings. The number of thiophene rings is 1. The maximum atomic E-state index is 11.8. The molecule has 0 spiro atoms. The number of ether oxygens (including phenoxy) is 1. The number of nitrogens with one attached hydrogen (secondary N) is 1. The number of hydrogen-bond donors (Lipinski definition) is 1. The number of rotatable bonds is 4. The zero-order chi connectivity index (χ0) is 15.6. The Labute approximate surface area is 131 Å². The molecule has 0 saturated carbocycles. The summed E-state index contributed by atoms with van der Waals surface area (Å²) in [4.78, 5) is 12.6. The topological polar surface area (TPSA) is 72.5 Å². The van der Waals surface area contributed by atoms with Gasteiger partial charge in [0.1, 0.15) is 15.4 Å². The second-order valence-corrected chi connectivity index (χ2v) is 10.1. The Morgan fingerprint density at radius 1 is 1.45 bits per heavy atom. The first kappa shape index (κ1) is 17.5. The van der Waals surface area contributed by atoms with Gasteiger partial charge in [-0.25, -0.2) is 13.2 Å². The number of amides is 1. The highest BCUT2D eigenvalue weighted by Gasteiger charge is 2.24. The Balaban J connectivity index is 2.87. The Morgan fingerprint density at radius 3 is 2.45 bits per heavy atom. The molecule has 0 saturated heterocycles. The van der Waals surface area contributed by atoms with Crippen molar-refractivity contribution in [1.82, 2.24) is 5.32 Å². The van der Waals surface area contributed by atoms with Gasteiger partial charge in [0.2, 0.25) is 0 Å². The number of alkyl carbamates (subject to hydrolysis) is 1. The van der Waals surface area contributed by atoms with Gasteiger partial charge in [-0.05, 0) is 48.8 Å². The average molecular weight is 384 g/mol. The van der Waals surface area contributed by atoms with E-state index in [1.807, 2.05) is 6.07 Å². The summed E-state index contributed by atoms with van der Waals surface area (Å²) in [6.45, 7) is 5.25. The van der Waals surface area contributed by atoms with Crippen molar-refractivity contribution in [1.29, 1.82) is 0 Å². The molecular weight excluding hydrogens is 366 g/mol. The highest BCUT2D eigenvalue weighted by molar-refractivity contribution is 9.11. The fraction of sp³-hybridized carbons (Fsp3) is 0.583. The third-order valence-electron chi connectivity index (χ3n) is 2.10. The van der Waals surface area contributed by atoms with Crippen LogP contribution in [0, 0.1) is 0 Å². The standard InChI is InChI=1S/C12H18BrNO4S2/c1-12(2,3)18-11(15)14-8(7-20(4,16)17)9-5-6-10(13)19-9/h5-6,8H,7H2,1-4H3,(H,14,15). The van der Waals surface area contributed by atoms with Crippen LogP contribution in [-0.2, 0) is 14.6 Å². The van der Waals surface area contributed by atoms with Crippen molar-refractivity contribution in [3.8, 4) is 0 Å². The number of carbonyl (C=O) groups is 1. The van der Waals surface area contributed by atoms with Crippen LogP contribution in [0.2, 0.25) is 0 Å². The molecule has 114 valence electrons. The lowest BCUT2D eigenvalue weighted by molar-refractivity contribution is 0.0509. The van der Waals surface area contributed by atoms with Crippen molar-refractivity contribution < 1.29 is 17.9 Å². The Morgan fingerprint density at radius 2 is 2.05 bits per heavy atom. The summed E-state index contributed by atoms with van der Waals surface area (Å²) < 4.78 is 29.0. The van der Waals surface area contributed by atoms with Gasteiger partial charge in [-0.2, -0.15) is 0 Å². The van der Waals surface area contributed by atoms with Gasteiger partial charge in [0, 0.05) is 11.1 Å². The maximum Gasteiger partial charge on any atom is 0.408 e. The highest BCUT2D eigenvalue weighted by Crippen LogP contribution is 2.28. The monoisotopic (exact) mass is 383 g/mol. The predicted octanol–water partition coefficient (Wildman–Crippen LogP) is 3.12. The second kappa shape index (κ2) is 6.44. The minimum absolute atomic E-state index is 0.167. The van der Waals surface area contributed by atoms with Crippen molar-refractivity contribution >= 4 is 43.2 Å². The van der Waals surface area contributed by atoms with Crippen LogP contribution < -0.4 is 5.32 Å². The van der Waals surface area contributed by atoms with Gasteiger partial charge in [-0.1, -0.05) is 0 Å². The first-order valence-electron chi connectivity index (χ1n) is 5.89. The summed E-state index contributed by atoms with van der Waals surface area (Å²) >= 11 is 4.70. The molecule has 1 atom stereocenters. The summed E-state index contributed by atoms with van der Waals surface area (Å²) in [5.74, 6) is -0.167. The molecule has 0 aromatic carbocycles. The van der Waals surface area contributed by atoms with Crippen molar-refractivity contribution in [3.63, 3.8) is 0 Å². The lowest BCUT2D eigenvalue weighted by Gasteiger charge is -2.22. The molecule has 8 heteroatoms. The molecule has 5 nitrogen and oxygen atoms in total. The van der Waals surface area contributed by atoms with Gasteiger partial charge < -0.3 is 10.1 Å². The van der Waals surface area contributed by atoms with Crippen LogP contribution in [0.25, 0.3) is 0 Å². The molecule has 1 rings (SSSR count). The lowest BCUT2D eigenvalue weighted by atomic mass is 10.2. The lowest BCUT2D eigenvalue weighted by Crippen LogP contribution is -2.37. The summed E-state index contributed by atoms with van der Waals surface area (Å²) in [6, 6.07) is 2.98. The minimum Gasteiger partial charge on any atom is -0.444 e. The van der Waals surface area contributed by atoms with Gasteiger partial charge in [-0.15, -0.1) is 11.3 Å². The SMILES string of the molecule is CC(C)(C)OC(=O)NC(CS(C)(=O)=O)c1ccc(Br)s1. The largest absolute Gasteiger partial charge is 0.444 e. The van der Waals surface area contributed by atoms with E-state index in [1.54, 1.807) is 26.8 Å². The van der Waals surface area contributed by atoms with Gasteiger partial charge in [0.25, 0.3) is 0 Å². The molecule has 0 aliphatic heterocycles. The quantitative estimate of drug-likeness (QED) is 0.866. The summed E-state index contributed by atoms with van der Waals surface area (Å²) in [5, 5.41) is 2.61. The maximum absolute atomic E-state index is 11.8. The molecule has 1 heterocycles. The Kier molecular flexibility index (Phi) is 5.62. The first-order valence-corrected chi connectivity index (χ1v) is 9.56. The minimum atomic E-state index is -3.23. The van der Waals surface area contributed by atoms with E-state index in [2.05, 4.69) is 21.2 Å². The Bertz CT molecular complexity index is 575. The van der Waals surface area contributed by atoms with E-state index in [4.69, 9.17) is 4.74 Å². The van der Waals surface area contributed by atoms with E-state index in [0.717, 1.165) is 14.9 Å². The normalized spacial score (nSPS) is 13.8. The number of halogens is 1. The second-order valence-electron chi connectivity index (χ2n) is 5.43. The van der Waals surface area contributed by atoms with E-state index in [-0.39, 0.29) is 5.75 Å². The number of hydrogen-bond acceptors (Lipinski definition) is 5. The van der Waals surface area contributed by atoms with Crippen LogP contribution >= 0.6 is 27.3 Å². The van der Waals surface area contributed by atoms with E-state index in [9.17, 15) is 13.2 Å². The third kappa shape index (κ3) is 6.71. The molecule has 0 radical (unpaired) electrons. The van der Waals surface area contributed by atoms with Gasteiger partial charge in [0.15, 0.2) is 0 Å². The molecule has 20 heavy (non-hydrogen) atoms. The van der Waals surface area contributed by atoms with Crippen LogP contribution in [0.3, 0.4) is 0 Å². The molecule has 1 unspecified atom stereocenters. The van der Waals surface area contributed by atoms with Gasteiger partial charge in [-0.3, -0.25) is 0 Å². The van der Waals surface area contributed by atoms with Gasteiger partial charge in [0.05, 0.1) is 15.6 Å². The van der Waals surface area contributed by atoms with Crippen LogP contribution in [0.5, 0.6) is 0 Å². The molecular formula is C12H18BrNO4S2. The van der Waals surface area contributed by atoms with Crippen molar-refractivity contribution in [2.75, 3.05) is 12.0 Å². The number of carbonyl (C=O) groups excluding carboxylic acids is 1. The fourth-order valence-electron chi connectivity index (χ4n) is 1.46. The summed E-state index contributed by atoms with van der Waals surface area (Å²) in [6.07, 6.45) is 0.509. The Hall–Kier alpha value is -0.600. The molecule has 0 aliphatic carbocycles. The molecule has 1 aromatic rings. The van der Waals surface area contributed by atoms with E-state index < -0.39 is 27.6 Å². The average Bonchev–Trinajstić information content (AvgIpc) is 2.58. The summed E-state index contributed by atoms with van der Waals surface area (Å²) in [5.41, 5.74) is -0.629. The first-order chi connectivity index (χ1) is 8.96. The summed E-state index contributed by atoms with van der Waals surface area (Å²) in [7, 11) is -3.23. The van der Waals surface area contributed by atoms with E-state index in [0.29, 0.717) is 0 Å². The zero-order valence-corrected chi connectivity index (χ0v) is 15.0. The van der Waals surface area contributed by atoms with E-state index >= 15 is 0 Å². The fourth-order valence-corrected chi connectivity index (χ4v) is 3.91. The molecule has 0 bridgehead atoms. The van der Waals surface area contributed by atoms with Crippen molar-refractivity contribution in [2.24, 2.45) is 0 Å². The highest BCUT2D eigenvalue weighted by atomic mass is 79.9. The molecule has 1 N–H and O–H groups in total. The van der Waals surface area contributed by atoms with Crippen molar-refractivity contribution in [2.45, 2.75) is 32.4 Å². The predicted molar refractivity (Wildman–Crippen MR) is 83.8 cm³/mol. The van der Waals surface area contributed by atoms with Crippen molar-refractivity contribution in [3.05, 3.63) is 20.8 Å². The van der Waals surface area contributed by atoms with Crippen LogP contribution in [0.4, 0.5) is 4.79 Å².